The van der Waals surface area contributed by atoms with Gasteiger partial charge in [0.1, 0.15) is 10.7 Å². The molecule has 0 saturated heterocycles. The lowest BCUT2D eigenvalue weighted by Crippen LogP contribution is -2.21. The zero-order valence-electron chi connectivity index (χ0n) is 14.5. The minimum Gasteiger partial charge on any atom is -0.502 e. The summed E-state index contributed by atoms with van der Waals surface area (Å²) < 4.78 is 1.18. The summed E-state index contributed by atoms with van der Waals surface area (Å²) in [5, 5.41) is 25.8. The van der Waals surface area contributed by atoms with E-state index in [2.05, 4.69) is 10.1 Å². The van der Waals surface area contributed by atoms with E-state index in [1.807, 2.05) is 0 Å². The molecule has 8 nitrogen and oxygen atoms in total. The number of phenols is 1. The Labute approximate surface area is 157 Å². The summed E-state index contributed by atoms with van der Waals surface area (Å²) in [5.74, 6) is -0.0637. The van der Waals surface area contributed by atoms with Crippen LogP contribution < -0.4 is 5.56 Å². The standard InChI is InChI=1S/C18H16N4O4S/c1-10-20-17-15(12-6-2-3-8-14(12)27-17)18(24)21(10)19-9-11-5-4-7-13(16(11)23)22(25)26/h4-5,7,9,23H,2-3,6,8H2,1H3/b19-9+. The van der Waals surface area contributed by atoms with E-state index in [-0.39, 0.29) is 11.1 Å². The zero-order valence-corrected chi connectivity index (χ0v) is 15.3. The fraction of sp³-hybridized carbons (Fsp3) is 0.278. The van der Waals surface area contributed by atoms with Crippen LogP contribution in [0.15, 0.2) is 28.1 Å². The quantitative estimate of drug-likeness (QED) is 0.424. The van der Waals surface area contributed by atoms with Crippen LogP contribution in [0, 0.1) is 17.0 Å². The summed E-state index contributed by atoms with van der Waals surface area (Å²) in [4.78, 5) is 29.8. The van der Waals surface area contributed by atoms with Gasteiger partial charge in [0.25, 0.3) is 5.56 Å². The Morgan fingerprint density at radius 3 is 2.93 bits per heavy atom. The van der Waals surface area contributed by atoms with Crippen LogP contribution in [-0.2, 0) is 12.8 Å². The van der Waals surface area contributed by atoms with E-state index in [1.165, 1.54) is 34.0 Å². The number of nitro benzene ring substituents is 1. The third kappa shape index (κ3) is 2.89. The van der Waals surface area contributed by atoms with Crippen molar-refractivity contribution in [1.82, 2.24) is 9.66 Å². The molecule has 27 heavy (non-hydrogen) atoms. The molecule has 2 aromatic heterocycles. The first-order valence-electron chi connectivity index (χ1n) is 8.52. The number of aromatic hydroxyl groups is 1. The first-order valence-corrected chi connectivity index (χ1v) is 9.33. The van der Waals surface area contributed by atoms with Gasteiger partial charge in [-0.1, -0.05) is 6.07 Å². The largest absolute Gasteiger partial charge is 0.502 e. The van der Waals surface area contributed by atoms with Gasteiger partial charge in [-0.3, -0.25) is 14.9 Å². The molecule has 0 bridgehead atoms. The van der Waals surface area contributed by atoms with Crippen LogP contribution >= 0.6 is 11.3 Å². The topological polar surface area (TPSA) is 111 Å². The van der Waals surface area contributed by atoms with E-state index in [9.17, 15) is 20.0 Å². The monoisotopic (exact) mass is 384 g/mol. The molecule has 0 saturated carbocycles. The van der Waals surface area contributed by atoms with Gasteiger partial charge in [-0.25, -0.2) is 4.98 Å². The van der Waals surface area contributed by atoms with Crippen molar-refractivity contribution >= 4 is 33.5 Å². The Morgan fingerprint density at radius 2 is 2.15 bits per heavy atom. The number of nitro groups is 1. The maximum atomic E-state index is 13.0. The summed E-state index contributed by atoms with van der Waals surface area (Å²) in [7, 11) is 0. The van der Waals surface area contributed by atoms with Crippen molar-refractivity contribution in [2.45, 2.75) is 32.6 Å². The Balaban J connectivity index is 1.83. The zero-order chi connectivity index (χ0) is 19.1. The lowest BCUT2D eigenvalue weighted by Gasteiger charge is -2.10. The van der Waals surface area contributed by atoms with Crippen LogP contribution in [0.25, 0.3) is 10.2 Å². The van der Waals surface area contributed by atoms with Gasteiger partial charge in [-0.05, 0) is 44.2 Å². The number of phenolic OH excluding ortho intramolecular Hbond substituents is 1. The smallest absolute Gasteiger partial charge is 0.311 e. The molecule has 3 aromatic rings. The summed E-state index contributed by atoms with van der Waals surface area (Å²) in [6, 6.07) is 4.14. The van der Waals surface area contributed by atoms with Gasteiger partial charge in [0.15, 0.2) is 0 Å². The summed E-state index contributed by atoms with van der Waals surface area (Å²) in [6.45, 7) is 1.68. The molecule has 1 aliphatic rings. The van der Waals surface area contributed by atoms with E-state index in [0.29, 0.717) is 11.2 Å². The average Bonchev–Trinajstić information content (AvgIpc) is 3.00. The molecule has 138 valence electrons. The first-order chi connectivity index (χ1) is 13.0. The number of para-hydroxylation sites is 1. The van der Waals surface area contributed by atoms with Crippen LogP contribution in [-0.4, -0.2) is 25.9 Å². The van der Waals surface area contributed by atoms with Crippen molar-refractivity contribution in [2.75, 3.05) is 0 Å². The number of rotatable bonds is 3. The number of fused-ring (bicyclic) bond motifs is 3. The van der Waals surface area contributed by atoms with E-state index in [0.717, 1.165) is 36.1 Å². The van der Waals surface area contributed by atoms with Crippen LogP contribution in [0.2, 0.25) is 0 Å². The van der Waals surface area contributed by atoms with Crippen molar-refractivity contribution in [2.24, 2.45) is 5.10 Å². The van der Waals surface area contributed by atoms with Gasteiger partial charge in [-0.15, -0.1) is 11.3 Å². The van der Waals surface area contributed by atoms with E-state index in [4.69, 9.17) is 0 Å². The molecule has 0 aliphatic heterocycles. The second kappa shape index (κ2) is 6.58. The third-order valence-corrected chi connectivity index (χ3v) is 5.87. The molecule has 9 heteroatoms. The molecular weight excluding hydrogens is 368 g/mol. The highest BCUT2D eigenvalue weighted by Gasteiger charge is 2.21. The molecule has 1 aromatic carbocycles. The molecule has 4 rings (SSSR count). The molecule has 0 fully saturated rings. The van der Waals surface area contributed by atoms with Crippen LogP contribution in [0.3, 0.4) is 0 Å². The molecule has 0 unspecified atom stereocenters. The Kier molecular flexibility index (Phi) is 4.23. The van der Waals surface area contributed by atoms with E-state index in [1.54, 1.807) is 18.3 Å². The van der Waals surface area contributed by atoms with Crippen LogP contribution in [0.1, 0.15) is 34.7 Å². The lowest BCUT2D eigenvalue weighted by atomic mass is 9.97. The molecule has 1 N–H and O–H groups in total. The van der Waals surface area contributed by atoms with Gasteiger partial charge in [-0.2, -0.15) is 9.78 Å². The second-order valence-electron chi connectivity index (χ2n) is 6.38. The van der Waals surface area contributed by atoms with Crippen molar-refractivity contribution in [3.63, 3.8) is 0 Å². The number of hydrogen-bond donors (Lipinski definition) is 1. The predicted octanol–water partition coefficient (Wildman–Crippen LogP) is 3.14. The van der Waals surface area contributed by atoms with Gasteiger partial charge >= 0.3 is 5.69 Å². The Morgan fingerprint density at radius 1 is 1.37 bits per heavy atom. The maximum absolute atomic E-state index is 13.0. The predicted molar refractivity (Wildman–Crippen MR) is 103 cm³/mol. The fourth-order valence-corrected chi connectivity index (χ4v) is 4.65. The van der Waals surface area contributed by atoms with Crippen molar-refractivity contribution in [1.29, 1.82) is 0 Å². The fourth-order valence-electron chi connectivity index (χ4n) is 3.35. The van der Waals surface area contributed by atoms with Gasteiger partial charge in [0.05, 0.1) is 16.5 Å². The van der Waals surface area contributed by atoms with Crippen LogP contribution in [0.4, 0.5) is 5.69 Å². The highest BCUT2D eigenvalue weighted by atomic mass is 32.1. The number of aryl methyl sites for hydroxylation is 3. The normalized spacial score (nSPS) is 14.0. The summed E-state index contributed by atoms with van der Waals surface area (Å²) in [6.07, 6.45) is 5.25. The maximum Gasteiger partial charge on any atom is 0.311 e. The van der Waals surface area contributed by atoms with E-state index < -0.39 is 16.4 Å². The van der Waals surface area contributed by atoms with Crippen molar-refractivity contribution in [3.05, 3.63) is 60.5 Å². The average molecular weight is 384 g/mol. The highest BCUT2D eigenvalue weighted by Crippen LogP contribution is 2.33. The van der Waals surface area contributed by atoms with Crippen molar-refractivity contribution < 1.29 is 10.0 Å². The minimum absolute atomic E-state index is 0.156. The minimum atomic E-state index is -0.671. The molecule has 2 heterocycles. The summed E-state index contributed by atoms with van der Waals surface area (Å²) >= 11 is 1.57. The molecule has 0 atom stereocenters. The van der Waals surface area contributed by atoms with Gasteiger partial charge in [0.2, 0.25) is 5.75 Å². The first kappa shape index (κ1) is 17.3. The van der Waals surface area contributed by atoms with Gasteiger partial charge in [0, 0.05) is 16.5 Å². The number of thiophene rings is 1. The van der Waals surface area contributed by atoms with Crippen LogP contribution in [0.5, 0.6) is 5.75 Å². The SMILES string of the molecule is Cc1nc2sc3c(c2c(=O)n1/N=C/c1cccc([N+](=O)[O-])c1O)CCCC3. The Hall–Kier alpha value is -3.07. The van der Waals surface area contributed by atoms with Gasteiger partial charge < -0.3 is 5.11 Å². The molecule has 0 radical (unpaired) electrons. The number of nitrogens with zero attached hydrogens (tertiary/aromatic N) is 4. The number of benzene rings is 1. The third-order valence-electron chi connectivity index (χ3n) is 4.68. The molecule has 0 amide bonds. The lowest BCUT2D eigenvalue weighted by molar-refractivity contribution is -0.385. The summed E-state index contributed by atoms with van der Waals surface area (Å²) in [5.41, 5.74) is 0.561. The Bertz CT molecular complexity index is 1160. The number of hydrogen-bond acceptors (Lipinski definition) is 7. The van der Waals surface area contributed by atoms with E-state index >= 15 is 0 Å². The molecular formula is C18H16N4O4S. The molecule has 1 aliphatic carbocycles. The highest BCUT2D eigenvalue weighted by molar-refractivity contribution is 7.18. The second-order valence-corrected chi connectivity index (χ2v) is 7.47. The van der Waals surface area contributed by atoms with Crippen molar-refractivity contribution in [3.8, 4) is 5.75 Å². The number of aromatic nitrogens is 2. The molecule has 0 spiro atoms.